The first kappa shape index (κ1) is 12.3. The lowest BCUT2D eigenvalue weighted by molar-refractivity contribution is -0.140. The van der Waals surface area contributed by atoms with Crippen molar-refractivity contribution < 1.29 is 19.4 Å². The van der Waals surface area contributed by atoms with Crippen molar-refractivity contribution in [1.29, 1.82) is 0 Å². The quantitative estimate of drug-likeness (QED) is 0.856. The topological polar surface area (TPSA) is 55.8 Å². The smallest absolute Gasteiger partial charge is 0.314 e. The Kier molecular flexibility index (Phi) is 2.88. The molecule has 0 amide bonds. The summed E-state index contributed by atoms with van der Waals surface area (Å²) in [5.41, 5.74) is -0.0865. The fraction of sp³-hybridized carbons (Fsp3) is 0.533. The molecule has 1 aromatic rings. The summed E-state index contributed by atoms with van der Waals surface area (Å²) in [6, 6.07) is 5.51. The zero-order valence-electron chi connectivity index (χ0n) is 11.0. The van der Waals surface area contributed by atoms with Crippen LogP contribution in [0, 0.1) is 5.92 Å². The Morgan fingerprint density at radius 3 is 2.58 bits per heavy atom. The van der Waals surface area contributed by atoms with Crippen LogP contribution in [0.1, 0.15) is 31.2 Å². The van der Waals surface area contributed by atoms with Crippen molar-refractivity contribution in [2.75, 3.05) is 13.7 Å². The largest absolute Gasteiger partial charge is 0.496 e. The second-order valence-corrected chi connectivity index (χ2v) is 5.48. The summed E-state index contributed by atoms with van der Waals surface area (Å²) in [4.78, 5) is 11.5. The fourth-order valence-electron chi connectivity index (χ4n) is 2.46. The normalized spacial score (nSPS) is 19.8. The van der Waals surface area contributed by atoms with Crippen LogP contribution in [0.5, 0.6) is 11.5 Å². The van der Waals surface area contributed by atoms with Gasteiger partial charge in [-0.05, 0) is 43.7 Å². The maximum absolute atomic E-state index is 11.5. The molecular formula is C15H18O4. The molecule has 19 heavy (non-hydrogen) atoms. The highest BCUT2D eigenvalue weighted by Crippen LogP contribution is 2.55. The van der Waals surface area contributed by atoms with Crippen molar-refractivity contribution in [3.05, 3.63) is 23.8 Å². The predicted octanol–water partition coefficient (Wildman–Crippen LogP) is 2.60. The van der Waals surface area contributed by atoms with Gasteiger partial charge in [-0.15, -0.1) is 0 Å². The second-order valence-electron chi connectivity index (χ2n) is 5.48. The van der Waals surface area contributed by atoms with Gasteiger partial charge in [0.25, 0.3) is 0 Å². The minimum Gasteiger partial charge on any atom is -0.496 e. The first-order valence-corrected chi connectivity index (χ1v) is 6.71. The van der Waals surface area contributed by atoms with E-state index in [1.807, 2.05) is 18.2 Å². The van der Waals surface area contributed by atoms with E-state index in [1.54, 1.807) is 7.11 Å². The molecule has 0 aliphatic heterocycles. The van der Waals surface area contributed by atoms with Crippen molar-refractivity contribution in [1.82, 2.24) is 0 Å². The summed E-state index contributed by atoms with van der Waals surface area (Å²) >= 11 is 0. The minimum absolute atomic E-state index is 0.619. The SMILES string of the molecule is COc1cccc(OCC2CC2)c1C1(C(=O)O)CC1. The molecule has 4 heteroatoms. The van der Waals surface area contributed by atoms with Crippen LogP contribution < -0.4 is 9.47 Å². The van der Waals surface area contributed by atoms with Crippen LogP contribution >= 0.6 is 0 Å². The number of carboxylic acid groups (broad SMARTS) is 1. The van der Waals surface area contributed by atoms with E-state index in [2.05, 4.69) is 0 Å². The monoisotopic (exact) mass is 262 g/mol. The summed E-state index contributed by atoms with van der Waals surface area (Å²) in [7, 11) is 1.57. The molecule has 1 N–H and O–H groups in total. The van der Waals surface area contributed by atoms with E-state index >= 15 is 0 Å². The summed E-state index contributed by atoms with van der Waals surface area (Å²) in [6.07, 6.45) is 3.73. The van der Waals surface area contributed by atoms with Crippen LogP contribution in [-0.2, 0) is 10.2 Å². The van der Waals surface area contributed by atoms with Gasteiger partial charge in [0, 0.05) is 0 Å². The molecule has 0 saturated heterocycles. The second kappa shape index (κ2) is 4.44. The highest BCUT2D eigenvalue weighted by atomic mass is 16.5. The van der Waals surface area contributed by atoms with Gasteiger partial charge in [0.1, 0.15) is 16.9 Å². The van der Waals surface area contributed by atoms with Crippen LogP contribution in [-0.4, -0.2) is 24.8 Å². The Balaban J connectivity index is 1.95. The molecule has 4 nitrogen and oxygen atoms in total. The Morgan fingerprint density at radius 2 is 2.05 bits per heavy atom. The van der Waals surface area contributed by atoms with E-state index < -0.39 is 11.4 Å². The van der Waals surface area contributed by atoms with Crippen LogP contribution in [0.15, 0.2) is 18.2 Å². The molecule has 0 heterocycles. The van der Waals surface area contributed by atoms with Crippen molar-refractivity contribution in [2.24, 2.45) is 5.92 Å². The number of ether oxygens (including phenoxy) is 2. The lowest BCUT2D eigenvalue weighted by atomic mass is 9.94. The molecule has 2 aliphatic rings. The third-order valence-electron chi connectivity index (χ3n) is 4.02. The van der Waals surface area contributed by atoms with Gasteiger partial charge in [-0.25, -0.2) is 0 Å². The van der Waals surface area contributed by atoms with Gasteiger partial charge in [0.15, 0.2) is 0 Å². The Morgan fingerprint density at radius 1 is 1.37 bits per heavy atom. The predicted molar refractivity (Wildman–Crippen MR) is 69.8 cm³/mol. The molecule has 0 bridgehead atoms. The highest BCUT2D eigenvalue weighted by Gasteiger charge is 2.55. The summed E-state index contributed by atoms with van der Waals surface area (Å²) in [5, 5.41) is 9.48. The van der Waals surface area contributed by atoms with E-state index in [0.29, 0.717) is 42.4 Å². The minimum atomic E-state index is -0.800. The van der Waals surface area contributed by atoms with Gasteiger partial charge in [0.05, 0.1) is 19.3 Å². The lowest BCUT2D eigenvalue weighted by Crippen LogP contribution is -2.21. The van der Waals surface area contributed by atoms with Gasteiger partial charge in [-0.1, -0.05) is 6.07 Å². The number of carboxylic acids is 1. The first-order chi connectivity index (χ1) is 9.17. The van der Waals surface area contributed by atoms with Crippen LogP contribution in [0.2, 0.25) is 0 Å². The molecule has 2 fully saturated rings. The van der Waals surface area contributed by atoms with Crippen molar-refractivity contribution in [2.45, 2.75) is 31.1 Å². The van der Waals surface area contributed by atoms with E-state index in [1.165, 1.54) is 12.8 Å². The molecule has 0 aromatic heterocycles. The van der Waals surface area contributed by atoms with Gasteiger partial charge in [0.2, 0.25) is 0 Å². The number of benzene rings is 1. The van der Waals surface area contributed by atoms with Gasteiger partial charge in [-0.2, -0.15) is 0 Å². The molecule has 2 aliphatic carbocycles. The average Bonchev–Trinajstić information content (AvgIpc) is 3.28. The molecule has 3 rings (SSSR count). The molecule has 0 unspecified atom stereocenters. The van der Waals surface area contributed by atoms with Gasteiger partial charge >= 0.3 is 5.97 Å². The number of rotatable bonds is 6. The summed E-state index contributed by atoms with van der Waals surface area (Å²) in [5.74, 6) is 1.15. The molecule has 0 radical (unpaired) electrons. The third-order valence-corrected chi connectivity index (χ3v) is 4.02. The average molecular weight is 262 g/mol. The molecule has 2 saturated carbocycles. The third kappa shape index (κ3) is 2.15. The van der Waals surface area contributed by atoms with E-state index in [0.717, 1.165) is 0 Å². The van der Waals surface area contributed by atoms with Crippen molar-refractivity contribution in [3.8, 4) is 11.5 Å². The van der Waals surface area contributed by atoms with E-state index in [-0.39, 0.29) is 0 Å². The molecule has 1 aromatic carbocycles. The van der Waals surface area contributed by atoms with Crippen molar-refractivity contribution in [3.63, 3.8) is 0 Å². The fourth-order valence-corrected chi connectivity index (χ4v) is 2.46. The standard InChI is InChI=1S/C15H18O4/c1-18-11-3-2-4-12(19-9-10-5-6-10)13(11)15(7-8-15)14(16)17/h2-4,10H,5-9H2,1H3,(H,16,17). The lowest BCUT2D eigenvalue weighted by Gasteiger charge is -2.19. The molecule has 102 valence electrons. The number of methoxy groups -OCH3 is 1. The Labute approximate surface area is 112 Å². The summed E-state index contributed by atoms with van der Waals surface area (Å²) in [6.45, 7) is 0.676. The van der Waals surface area contributed by atoms with Crippen molar-refractivity contribution >= 4 is 5.97 Å². The number of carbonyl (C=O) groups is 1. The summed E-state index contributed by atoms with van der Waals surface area (Å²) < 4.78 is 11.2. The molecule has 0 atom stereocenters. The molecular weight excluding hydrogens is 244 g/mol. The van der Waals surface area contributed by atoms with Crippen LogP contribution in [0.25, 0.3) is 0 Å². The highest BCUT2D eigenvalue weighted by molar-refractivity contribution is 5.87. The van der Waals surface area contributed by atoms with Gasteiger partial charge in [-0.3, -0.25) is 4.79 Å². The van der Waals surface area contributed by atoms with E-state index in [9.17, 15) is 9.90 Å². The van der Waals surface area contributed by atoms with Gasteiger partial charge < -0.3 is 14.6 Å². The van der Waals surface area contributed by atoms with Crippen LogP contribution in [0.3, 0.4) is 0 Å². The number of aliphatic carboxylic acids is 1. The van der Waals surface area contributed by atoms with Crippen LogP contribution in [0.4, 0.5) is 0 Å². The first-order valence-electron chi connectivity index (χ1n) is 6.71. The maximum atomic E-state index is 11.5. The Bertz CT molecular complexity index is 501. The number of hydrogen-bond acceptors (Lipinski definition) is 3. The molecule has 0 spiro atoms. The maximum Gasteiger partial charge on any atom is 0.314 e. The Hall–Kier alpha value is -1.71. The zero-order chi connectivity index (χ0) is 13.5. The zero-order valence-corrected chi connectivity index (χ0v) is 11.0. The number of hydrogen-bond donors (Lipinski definition) is 1. The van der Waals surface area contributed by atoms with E-state index in [4.69, 9.17) is 9.47 Å².